The number of thioether (sulfide) groups is 1. The third kappa shape index (κ3) is 6.50. The van der Waals surface area contributed by atoms with Crippen molar-refractivity contribution < 1.29 is 0 Å². The van der Waals surface area contributed by atoms with Crippen LogP contribution in [0.2, 0.25) is 0 Å². The van der Waals surface area contributed by atoms with Gasteiger partial charge in [0.25, 0.3) is 0 Å². The van der Waals surface area contributed by atoms with Crippen LogP contribution >= 0.6 is 11.8 Å². The van der Waals surface area contributed by atoms with Crippen LogP contribution in [0.1, 0.15) is 33.6 Å². The predicted octanol–water partition coefficient (Wildman–Crippen LogP) is 3.32. The summed E-state index contributed by atoms with van der Waals surface area (Å²) in [6.45, 7) is 11.9. The van der Waals surface area contributed by atoms with Crippen LogP contribution in [0, 0.1) is 5.92 Å². The lowest BCUT2D eigenvalue weighted by molar-refractivity contribution is 0.528. The van der Waals surface area contributed by atoms with Gasteiger partial charge >= 0.3 is 0 Å². The Labute approximate surface area is 93.7 Å². The van der Waals surface area contributed by atoms with E-state index < -0.39 is 0 Å². The fraction of sp³-hybridized carbons (Fsp3) is 0.833. The molecule has 0 radical (unpaired) electrons. The largest absolute Gasteiger partial charge is 0.314 e. The summed E-state index contributed by atoms with van der Waals surface area (Å²) >= 11 is 1.90. The zero-order valence-electron chi connectivity index (χ0n) is 10.1. The van der Waals surface area contributed by atoms with Crippen molar-refractivity contribution in [2.45, 2.75) is 39.7 Å². The minimum atomic E-state index is 0.638. The zero-order valence-corrected chi connectivity index (χ0v) is 10.9. The maximum Gasteiger partial charge on any atom is 0.00362 e. The van der Waals surface area contributed by atoms with E-state index >= 15 is 0 Å². The fourth-order valence-electron chi connectivity index (χ4n) is 1.24. The summed E-state index contributed by atoms with van der Waals surface area (Å²) in [5, 5.41) is 3.49. The summed E-state index contributed by atoms with van der Waals surface area (Å²) < 4.78 is 0. The summed E-state index contributed by atoms with van der Waals surface area (Å²) in [7, 11) is 0. The molecule has 0 amide bonds. The lowest BCUT2D eigenvalue weighted by Gasteiger charge is -2.16. The first-order chi connectivity index (χ1) is 6.61. The van der Waals surface area contributed by atoms with Crippen LogP contribution in [0.4, 0.5) is 0 Å². The van der Waals surface area contributed by atoms with E-state index in [0.29, 0.717) is 12.0 Å². The van der Waals surface area contributed by atoms with Crippen molar-refractivity contribution in [1.29, 1.82) is 0 Å². The predicted molar refractivity (Wildman–Crippen MR) is 69.1 cm³/mol. The van der Waals surface area contributed by atoms with Gasteiger partial charge in [-0.15, -0.1) is 0 Å². The van der Waals surface area contributed by atoms with Crippen LogP contribution in [-0.2, 0) is 0 Å². The topological polar surface area (TPSA) is 12.0 Å². The lowest BCUT2D eigenvalue weighted by atomic mass is 10.0. The number of hydrogen-bond acceptors (Lipinski definition) is 2. The molecular formula is C12H25NS. The van der Waals surface area contributed by atoms with Crippen LogP contribution in [0.15, 0.2) is 12.2 Å². The molecule has 1 nitrogen and oxygen atoms in total. The van der Waals surface area contributed by atoms with Gasteiger partial charge < -0.3 is 5.32 Å². The van der Waals surface area contributed by atoms with Gasteiger partial charge in [0.15, 0.2) is 0 Å². The summed E-state index contributed by atoms with van der Waals surface area (Å²) in [4.78, 5) is 0. The molecule has 0 saturated carbocycles. The Balaban J connectivity index is 3.53. The third-order valence-corrected chi connectivity index (χ3v) is 3.50. The maximum atomic E-state index is 4.14. The Morgan fingerprint density at radius 2 is 2.07 bits per heavy atom. The van der Waals surface area contributed by atoms with Crippen molar-refractivity contribution in [1.82, 2.24) is 5.32 Å². The molecule has 0 aromatic rings. The zero-order chi connectivity index (χ0) is 11.0. The first-order valence-corrected chi connectivity index (χ1v) is 6.91. The molecule has 0 aliphatic rings. The minimum absolute atomic E-state index is 0.638. The highest BCUT2D eigenvalue weighted by atomic mass is 32.2. The van der Waals surface area contributed by atoms with Gasteiger partial charge in [0.1, 0.15) is 0 Å². The van der Waals surface area contributed by atoms with Crippen LogP contribution < -0.4 is 5.32 Å². The average Bonchev–Trinajstić information content (AvgIpc) is 2.17. The molecular weight excluding hydrogens is 190 g/mol. The highest BCUT2D eigenvalue weighted by Crippen LogP contribution is 2.15. The Kier molecular flexibility index (Phi) is 8.40. The van der Waals surface area contributed by atoms with Crippen molar-refractivity contribution in [3.63, 3.8) is 0 Å². The minimum Gasteiger partial charge on any atom is -0.314 e. The van der Waals surface area contributed by atoms with E-state index in [1.165, 1.54) is 17.7 Å². The molecule has 0 heterocycles. The molecule has 0 aliphatic carbocycles. The highest BCUT2D eigenvalue weighted by Gasteiger charge is 2.05. The second-order valence-corrected chi connectivity index (χ2v) is 4.94. The molecule has 0 aromatic carbocycles. The first-order valence-electron chi connectivity index (χ1n) is 5.51. The van der Waals surface area contributed by atoms with E-state index in [0.717, 1.165) is 13.0 Å². The SMILES string of the molecule is C=C(CCN[C@H](C)CC)[C@@H](C)CSC. The maximum absolute atomic E-state index is 4.14. The monoisotopic (exact) mass is 215 g/mol. The van der Waals surface area contributed by atoms with Crippen molar-refractivity contribution in [3.8, 4) is 0 Å². The quantitative estimate of drug-likeness (QED) is 0.623. The summed E-state index contributed by atoms with van der Waals surface area (Å²) in [6, 6.07) is 0.638. The van der Waals surface area contributed by atoms with E-state index in [-0.39, 0.29) is 0 Å². The summed E-state index contributed by atoms with van der Waals surface area (Å²) in [5.41, 5.74) is 1.38. The van der Waals surface area contributed by atoms with Crippen LogP contribution in [0.25, 0.3) is 0 Å². The molecule has 0 rings (SSSR count). The van der Waals surface area contributed by atoms with E-state index in [4.69, 9.17) is 0 Å². The molecule has 0 aromatic heterocycles. The molecule has 0 saturated heterocycles. The van der Waals surface area contributed by atoms with Crippen molar-refractivity contribution >= 4 is 11.8 Å². The standard InChI is InChI=1S/C12H25NS/c1-6-12(4)13-8-7-10(2)11(3)9-14-5/h11-13H,2,6-9H2,1,3-5H3/t11-,12+/m0/s1. The smallest absolute Gasteiger partial charge is 0.00362 e. The Bertz CT molecular complexity index is 156. The van der Waals surface area contributed by atoms with E-state index in [1.807, 2.05) is 11.8 Å². The fourth-order valence-corrected chi connectivity index (χ4v) is 1.97. The second kappa shape index (κ2) is 8.37. The molecule has 2 atom stereocenters. The first kappa shape index (κ1) is 14.1. The molecule has 2 heteroatoms. The number of hydrogen-bond donors (Lipinski definition) is 1. The second-order valence-electron chi connectivity index (χ2n) is 4.03. The van der Waals surface area contributed by atoms with Gasteiger partial charge in [-0.2, -0.15) is 11.8 Å². The lowest BCUT2D eigenvalue weighted by Crippen LogP contribution is -2.26. The Morgan fingerprint density at radius 3 is 2.57 bits per heavy atom. The molecule has 0 aliphatic heterocycles. The van der Waals surface area contributed by atoms with Gasteiger partial charge in [0.05, 0.1) is 0 Å². The number of rotatable bonds is 8. The van der Waals surface area contributed by atoms with Gasteiger partial charge in [-0.25, -0.2) is 0 Å². The molecule has 84 valence electrons. The van der Waals surface area contributed by atoms with E-state index in [1.54, 1.807) is 0 Å². The van der Waals surface area contributed by atoms with Gasteiger partial charge in [0, 0.05) is 6.04 Å². The van der Waals surface area contributed by atoms with E-state index in [2.05, 4.69) is 38.9 Å². The van der Waals surface area contributed by atoms with Gasteiger partial charge in [0.2, 0.25) is 0 Å². The average molecular weight is 215 g/mol. The van der Waals surface area contributed by atoms with Crippen LogP contribution in [0.5, 0.6) is 0 Å². The van der Waals surface area contributed by atoms with Gasteiger partial charge in [-0.05, 0) is 44.2 Å². The van der Waals surface area contributed by atoms with Crippen LogP contribution in [-0.4, -0.2) is 24.6 Å². The molecule has 14 heavy (non-hydrogen) atoms. The summed E-state index contributed by atoms with van der Waals surface area (Å²) in [5.74, 6) is 1.85. The van der Waals surface area contributed by atoms with E-state index in [9.17, 15) is 0 Å². The van der Waals surface area contributed by atoms with Gasteiger partial charge in [-0.1, -0.05) is 26.0 Å². The summed E-state index contributed by atoms with van der Waals surface area (Å²) in [6.07, 6.45) is 4.47. The molecule has 1 N–H and O–H groups in total. The highest BCUT2D eigenvalue weighted by molar-refractivity contribution is 7.98. The Morgan fingerprint density at radius 1 is 1.43 bits per heavy atom. The number of nitrogens with one attached hydrogen (secondary N) is 1. The van der Waals surface area contributed by atoms with Crippen LogP contribution in [0.3, 0.4) is 0 Å². The molecule has 0 spiro atoms. The van der Waals surface area contributed by atoms with Crippen molar-refractivity contribution in [2.75, 3.05) is 18.6 Å². The Hall–Kier alpha value is 0.0500. The molecule has 0 fully saturated rings. The van der Waals surface area contributed by atoms with Crippen molar-refractivity contribution in [3.05, 3.63) is 12.2 Å². The molecule has 0 unspecified atom stereocenters. The van der Waals surface area contributed by atoms with Crippen molar-refractivity contribution in [2.24, 2.45) is 5.92 Å². The molecule has 0 bridgehead atoms. The normalized spacial score (nSPS) is 15.1. The third-order valence-electron chi connectivity index (χ3n) is 2.66. The van der Waals surface area contributed by atoms with Gasteiger partial charge in [-0.3, -0.25) is 0 Å².